The van der Waals surface area contributed by atoms with Crippen molar-refractivity contribution in [1.29, 1.82) is 0 Å². The summed E-state index contributed by atoms with van der Waals surface area (Å²) >= 11 is 0. The minimum absolute atomic E-state index is 0.215. The van der Waals surface area contributed by atoms with Gasteiger partial charge in [-0.05, 0) is 44.0 Å². The van der Waals surface area contributed by atoms with E-state index < -0.39 is 0 Å². The van der Waals surface area contributed by atoms with Crippen LogP contribution in [-0.4, -0.2) is 34.2 Å². The van der Waals surface area contributed by atoms with E-state index in [1.165, 1.54) is 0 Å². The molecule has 8 nitrogen and oxygen atoms in total. The predicted octanol–water partition coefficient (Wildman–Crippen LogP) is 3.55. The lowest BCUT2D eigenvalue weighted by Gasteiger charge is -2.12. The molecule has 0 aliphatic heterocycles. The van der Waals surface area contributed by atoms with Crippen LogP contribution in [0.25, 0.3) is 21.8 Å². The molecule has 148 valence electrons. The molecule has 0 fully saturated rings. The molecule has 0 aliphatic rings. The van der Waals surface area contributed by atoms with E-state index in [9.17, 15) is 4.79 Å². The number of rotatable bonds is 4. The number of nitrogens with zero attached hydrogens (tertiary/aromatic N) is 3. The number of methoxy groups -OCH3 is 2. The largest absolute Gasteiger partial charge is 0.493 e. The fourth-order valence-electron chi connectivity index (χ4n) is 3.43. The number of anilines is 2. The first-order chi connectivity index (χ1) is 13.9. The van der Waals surface area contributed by atoms with E-state index in [0.29, 0.717) is 33.9 Å². The topological polar surface area (TPSA) is 102 Å². The molecule has 0 spiro atoms. The number of hydrogen-bond donors (Lipinski definition) is 2. The van der Waals surface area contributed by atoms with Gasteiger partial charge in [-0.2, -0.15) is 0 Å². The van der Waals surface area contributed by atoms with Crippen LogP contribution in [0.3, 0.4) is 0 Å². The van der Waals surface area contributed by atoms with Gasteiger partial charge >= 0.3 is 0 Å². The lowest BCUT2D eigenvalue weighted by molar-refractivity contribution is 0.355. The molecule has 2 N–H and O–H groups in total. The van der Waals surface area contributed by atoms with Crippen LogP contribution in [0.5, 0.6) is 11.5 Å². The van der Waals surface area contributed by atoms with Gasteiger partial charge in [0.25, 0.3) is 5.56 Å². The molecule has 2 aromatic heterocycles. The van der Waals surface area contributed by atoms with E-state index in [4.69, 9.17) is 9.47 Å². The molecule has 0 atom stereocenters. The van der Waals surface area contributed by atoms with Gasteiger partial charge in [0.05, 0.1) is 36.3 Å². The van der Waals surface area contributed by atoms with Crippen LogP contribution in [0.4, 0.5) is 11.9 Å². The zero-order valence-electron chi connectivity index (χ0n) is 16.9. The second-order valence-electron chi connectivity index (χ2n) is 6.87. The summed E-state index contributed by atoms with van der Waals surface area (Å²) in [5.74, 6) is 1.80. The van der Waals surface area contributed by atoms with E-state index in [0.717, 1.165) is 22.2 Å². The second-order valence-corrected chi connectivity index (χ2v) is 6.87. The maximum Gasteiger partial charge on any atom is 0.260 e. The van der Waals surface area contributed by atoms with Gasteiger partial charge in [-0.1, -0.05) is 6.07 Å². The Bertz CT molecular complexity index is 1310. The third-order valence-corrected chi connectivity index (χ3v) is 4.77. The van der Waals surface area contributed by atoms with Crippen molar-refractivity contribution in [1.82, 2.24) is 19.9 Å². The van der Waals surface area contributed by atoms with Crippen molar-refractivity contribution < 1.29 is 9.47 Å². The number of hydrogen-bond acceptors (Lipinski definition) is 7. The number of nitrogens with one attached hydrogen (secondary N) is 2. The van der Waals surface area contributed by atoms with Gasteiger partial charge in [-0.25, -0.2) is 15.0 Å². The van der Waals surface area contributed by atoms with E-state index in [-0.39, 0.29) is 11.5 Å². The summed E-state index contributed by atoms with van der Waals surface area (Å²) in [7, 11) is 3.16. The summed E-state index contributed by atoms with van der Waals surface area (Å²) < 4.78 is 10.7. The standard InChI is InChI=1S/C21H21N5O3/c1-10-6-11(2)18-14(7-10)19(27)25-21(24-18)26-20-22-12(3)13-8-16(28-4)17(29-5)9-15(13)23-20/h6-9H,1-5H3,(H2,22,23,24,25,26,27). The molecular formula is C21H21N5O3. The fourth-order valence-corrected chi connectivity index (χ4v) is 3.43. The van der Waals surface area contributed by atoms with Crippen LogP contribution in [0.15, 0.2) is 29.1 Å². The molecule has 0 bridgehead atoms. The Kier molecular flexibility index (Phi) is 4.54. The molecule has 0 aliphatic carbocycles. The van der Waals surface area contributed by atoms with Crippen LogP contribution in [-0.2, 0) is 0 Å². The highest BCUT2D eigenvalue weighted by atomic mass is 16.5. The molecule has 8 heteroatoms. The Balaban J connectivity index is 1.81. The molecule has 0 saturated heterocycles. The number of aryl methyl sites for hydroxylation is 3. The summed E-state index contributed by atoms with van der Waals surface area (Å²) in [5, 5.41) is 4.42. The van der Waals surface area contributed by atoms with Crippen molar-refractivity contribution >= 4 is 33.7 Å². The van der Waals surface area contributed by atoms with E-state index in [1.807, 2.05) is 39.0 Å². The molecule has 2 aromatic carbocycles. The van der Waals surface area contributed by atoms with Crippen LogP contribution in [0.1, 0.15) is 16.8 Å². The maximum atomic E-state index is 12.5. The molecule has 0 saturated carbocycles. The highest BCUT2D eigenvalue weighted by molar-refractivity contribution is 5.86. The number of aromatic nitrogens is 4. The van der Waals surface area contributed by atoms with Crippen molar-refractivity contribution in [3.8, 4) is 11.5 Å². The number of fused-ring (bicyclic) bond motifs is 2. The summed E-state index contributed by atoms with van der Waals surface area (Å²) in [4.78, 5) is 28.9. The summed E-state index contributed by atoms with van der Waals surface area (Å²) in [6, 6.07) is 7.45. The molecule has 2 heterocycles. The normalized spacial score (nSPS) is 11.1. The zero-order chi connectivity index (χ0) is 20.7. The SMILES string of the molecule is COc1cc2nc(Nc3nc4c(C)cc(C)cc4c(=O)[nH]3)nc(C)c2cc1OC. The highest BCUT2D eigenvalue weighted by Crippen LogP contribution is 2.33. The predicted molar refractivity (Wildman–Crippen MR) is 112 cm³/mol. The summed E-state index contributed by atoms with van der Waals surface area (Å²) in [6.07, 6.45) is 0. The molecule has 0 amide bonds. The van der Waals surface area contributed by atoms with Gasteiger partial charge in [0, 0.05) is 11.5 Å². The van der Waals surface area contributed by atoms with Gasteiger partial charge in [0.1, 0.15) is 0 Å². The number of ether oxygens (including phenoxy) is 2. The van der Waals surface area contributed by atoms with Gasteiger partial charge < -0.3 is 9.47 Å². The van der Waals surface area contributed by atoms with Crippen molar-refractivity contribution in [3.05, 3.63) is 51.4 Å². The lowest BCUT2D eigenvalue weighted by Crippen LogP contribution is -2.13. The molecule has 0 radical (unpaired) electrons. The van der Waals surface area contributed by atoms with Crippen molar-refractivity contribution in [3.63, 3.8) is 0 Å². The first-order valence-corrected chi connectivity index (χ1v) is 9.08. The Morgan fingerprint density at radius 2 is 1.62 bits per heavy atom. The van der Waals surface area contributed by atoms with E-state index in [2.05, 4.69) is 25.3 Å². The Morgan fingerprint density at radius 1 is 0.897 bits per heavy atom. The van der Waals surface area contributed by atoms with Crippen LogP contribution in [0, 0.1) is 20.8 Å². The van der Waals surface area contributed by atoms with Crippen molar-refractivity contribution in [2.45, 2.75) is 20.8 Å². The lowest BCUT2D eigenvalue weighted by atomic mass is 10.1. The fraction of sp³-hybridized carbons (Fsp3) is 0.238. The number of aromatic amines is 1. The second kappa shape index (κ2) is 7.05. The number of benzene rings is 2. The maximum absolute atomic E-state index is 12.5. The van der Waals surface area contributed by atoms with Crippen LogP contribution in [0.2, 0.25) is 0 Å². The van der Waals surface area contributed by atoms with E-state index in [1.54, 1.807) is 20.3 Å². The number of H-pyrrole nitrogens is 1. The first-order valence-electron chi connectivity index (χ1n) is 9.08. The molecule has 29 heavy (non-hydrogen) atoms. The summed E-state index contributed by atoms with van der Waals surface area (Å²) in [5.41, 5.74) is 3.82. The highest BCUT2D eigenvalue weighted by Gasteiger charge is 2.13. The van der Waals surface area contributed by atoms with Crippen molar-refractivity contribution in [2.75, 3.05) is 19.5 Å². The molecule has 4 aromatic rings. The van der Waals surface area contributed by atoms with Crippen molar-refractivity contribution in [2.24, 2.45) is 0 Å². The van der Waals surface area contributed by atoms with Gasteiger partial charge in [0.15, 0.2) is 11.5 Å². The smallest absolute Gasteiger partial charge is 0.260 e. The minimum Gasteiger partial charge on any atom is -0.493 e. The first kappa shape index (κ1) is 18.7. The Morgan fingerprint density at radius 3 is 2.34 bits per heavy atom. The minimum atomic E-state index is -0.215. The van der Waals surface area contributed by atoms with Crippen LogP contribution >= 0.6 is 0 Å². The van der Waals surface area contributed by atoms with Gasteiger partial charge in [0.2, 0.25) is 11.9 Å². The van der Waals surface area contributed by atoms with E-state index >= 15 is 0 Å². The average molecular weight is 391 g/mol. The third-order valence-electron chi connectivity index (χ3n) is 4.77. The average Bonchev–Trinajstić information content (AvgIpc) is 2.68. The Hall–Kier alpha value is -3.68. The van der Waals surface area contributed by atoms with Crippen LogP contribution < -0.4 is 20.3 Å². The quantitative estimate of drug-likeness (QED) is 0.548. The monoisotopic (exact) mass is 391 g/mol. The molecular weight excluding hydrogens is 370 g/mol. The molecule has 4 rings (SSSR count). The molecule has 0 unspecified atom stereocenters. The van der Waals surface area contributed by atoms with Gasteiger partial charge in [-0.3, -0.25) is 15.1 Å². The van der Waals surface area contributed by atoms with Gasteiger partial charge in [-0.15, -0.1) is 0 Å². The third kappa shape index (κ3) is 3.33. The zero-order valence-corrected chi connectivity index (χ0v) is 16.9. The Labute approximate surface area is 166 Å². The summed E-state index contributed by atoms with van der Waals surface area (Å²) in [6.45, 7) is 5.76.